The summed E-state index contributed by atoms with van der Waals surface area (Å²) < 4.78 is 0. The lowest BCUT2D eigenvalue weighted by Gasteiger charge is -2.18. The van der Waals surface area contributed by atoms with E-state index < -0.39 is 7.12 Å². The van der Waals surface area contributed by atoms with Gasteiger partial charge in [-0.1, -0.05) is 48.6 Å². The van der Waals surface area contributed by atoms with E-state index in [4.69, 9.17) is 10.0 Å². The number of hydrogen-bond donors (Lipinski definition) is 3. The third-order valence-corrected chi connectivity index (χ3v) is 3.43. The number of carbonyl (C=O) groups is 1. The van der Waals surface area contributed by atoms with Gasteiger partial charge in [-0.25, -0.2) is 0 Å². The Hall–Kier alpha value is -1.85. The van der Waals surface area contributed by atoms with Crippen LogP contribution in [0, 0.1) is 0 Å². The van der Waals surface area contributed by atoms with Crippen LogP contribution < -0.4 is 5.32 Å². The summed E-state index contributed by atoms with van der Waals surface area (Å²) >= 11 is 0. The van der Waals surface area contributed by atoms with Gasteiger partial charge in [0.2, 0.25) is 0 Å². The van der Waals surface area contributed by atoms with Crippen molar-refractivity contribution in [1.82, 2.24) is 5.32 Å². The summed E-state index contributed by atoms with van der Waals surface area (Å²) in [7, 11) is -1.38. The molecular weight excluding hydrogens is 253 g/mol. The Morgan fingerprint density at radius 3 is 2.60 bits per heavy atom. The van der Waals surface area contributed by atoms with E-state index in [0.29, 0.717) is 12.0 Å². The molecule has 4 nitrogen and oxygen atoms in total. The molecule has 1 amide bonds. The van der Waals surface area contributed by atoms with Crippen molar-refractivity contribution in [3.8, 4) is 0 Å². The molecule has 3 N–H and O–H groups in total. The summed E-state index contributed by atoms with van der Waals surface area (Å²) in [6, 6.07) is 9.67. The normalized spacial score (nSPS) is 19.1. The highest BCUT2D eigenvalue weighted by molar-refractivity contribution is 6.44. The van der Waals surface area contributed by atoms with E-state index in [0.717, 1.165) is 5.56 Å². The van der Waals surface area contributed by atoms with Crippen LogP contribution in [0.25, 0.3) is 0 Å². The Morgan fingerprint density at radius 1 is 1.35 bits per heavy atom. The Balaban J connectivity index is 1.95. The van der Waals surface area contributed by atoms with Crippen molar-refractivity contribution in [2.45, 2.75) is 25.2 Å². The van der Waals surface area contributed by atoms with Crippen molar-refractivity contribution in [2.24, 2.45) is 0 Å². The summed E-state index contributed by atoms with van der Waals surface area (Å²) in [5.74, 6) is -0.485. The molecule has 1 aliphatic carbocycles. The number of amides is 1. The SMILES string of the molecule is C[C@H](NC(=O)C1=CCC(B(O)O)C=C1)c1ccccc1. The van der Waals surface area contributed by atoms with Crippen LogP contribution in [-0.2, 0) is 4.79 Å². The fraction of sp³-hybridized carbons (Fsp3) is 0.267. The molecule has 0 saturated carbocycles. The first-order chi connectivity index (χ1) is 9.58. The molecule has 2 rings (SSSR count). The molecule has 0 aliphatic heterocycles. The smallest absolute Gasteiger partial charge is 0.427 e. The molecule has 104 valence electrons. The maximum absolute atomic E-state index is 12.1. The molecule has 0 saturated heterocycles. The third kappa shape index (κ3) is 3.59. The van der Waals surface area contributed by atoms with Crippen LogP contribution >= 0.6 is 0 Å². The number of rotatable bonds is 4. The van der Waals surface area contributed by atoms with Gasteiger partial charge in [0.25, 0.3) is 5.91 Å². The summed E-state index contributed by atoms with van der Waals surface area (Å²) in [5, 5.41) is 21.1. The van der Waals surface area contributed by atoms with E-state index in [9.17, 15) is 4.79 Å². The fourth-order valence-corrected chi connectivity index (χ4v) is 2.13. The second-order valence-corrected chi connectivity index (χ2v) is 4.94. The van der Waals surface area contributed by atoms with Crippen molar-refractivity contribution in [3.05, 3.63) is 59.7 Å². The minimum absolute atomic E-state index is 0.0702. The van der Waals surface area contributed by atoms with Crippen LogP contribution in [-0.4, -0.2) is 23.1 Å². The molecule has 0 fully saturated rings. The predicted octanol–water partition coefficient (Wildman–Crippen LogP) is 1.59. The van der Waals surface area contributed by atoms with Gasteiger partial charge in [-0.2, -0.15) is 0 Å². The summed E-state index contributed by atoms with van der Waals surface area (Å²) in [5.41, 5.74) is 1.61. The highest BCUT2D eigenvalue weighted by Gasteiger charge is 2.23. The second kappa shape index (κ2) is 6.54. The van der Waals surface area contributed by atoms with Crippen LogP contribution in [0.2, 0.25) is 5.82 Å². The van der Waals surface area contributed by atoms with E-state index >= 15 is 0 Å². The summed E-state index contributed by atoms with van der Waals surface area (Å²) in [6.45, 7) is 1.93. The maximum Gasteiger partial charge on any atom is 0.459 e. The highest BCUT2D eigenvalue weighted by Crippen LogP contribution is 2.23. The van der Waals surface area contributed by atoms with Crippen LogP contribution in [0.3, 0.4) is 0 Å². The summed E-state index contributed by atoms with van der Waals surface area (Å²) in [6.07, 6.45) is 5.49. The zero-order valence-electron chi connectivity index (χ0n) is 11.4. The van der Waals surface area contributed by atoms with Gasteiger partial charge < -0.3 is 15.4 Å². The van der Waals surface area contributed by atoms with Gasteiger partial charge in [0.05, 0.1) is 6.04 Å². The standard InChI is InChI=1S/C15H18BNO3/c1-11(12-5-3-2-4-6-12)17-15(18)13-7-9-14(10-8-13)16(19)20/h2-9,11,14,19-20H,10H2,1H3,(H,17,18)/t11-,14?/m0/s1. The maximum atomic E-state index is 12.1. The quantitative estimate of drug-likeness (QED) is 0.728. The van der Waals surface area contributed by atoms with Gasteiger partial charge in [-0.15, -0.1) is 0 Å². The molecule has 0 bridgehead atoms. The van der Waals surface area contributed by atoms with E-state index in [1.165, 1.54) is 0 Å². The Morgan fingerprint density at radius 2 is 2.05 bits per heavy atom. The van der Waals surface area contributed by atoms with Crippen LogP contribution in [0.15, 0.2) is 54.1 Å². The average Bonchev–Trinajstić information content (AvgIpc) is 2.48. The zero-order valence-corrected chi connectivity index (χ0v) is 11.4. The summed E-state index contributed by atoms with van der Waals surface area (Å²) in [4.78, 5) is 12.1. The fourth-order valence-electron chi connectivity index (χ4n) is 2.13. The van der Waals surface area contributed by atoms with Crippen molar-refractivity contribution in [2.75, 3.05) is 0 Å². The predicted molar refractivity (Wildman–Crippen MR) is 78.8 cm³/mol. The van der Waals surface area contributed by atoms with Crippen LogP contribution in [0.5, 0.6) is 0 Å². The van der Waals surface area contributed by atoms with Gasteiger partial charge in [-0.05, 0) is 18.9 Å². The number of benzene rings is 1. The van der Waals surface area contributed by atoms with Gasteiger partial charge in [0.1, 0.15) is 0 Å². The van der Waals surface area contributed by atoms with Gasteiger partial charge in [-0.3, -0.25) is 4.79 Å². The Bertz CT molecular complexity index is 525. The van der Waals surface area contributed by atoms with Crippen molar-refractivity contribution in [3.63, 3.8) is 0 Å². The molecule has 0 radical (unpaired) electrons. The number of carbonyl (C=O) groups excluding carboxylic acids is 1. The van der Waals surface area contributed by atoms with E-state index in [-0.39, 0.29) is 17.8 Å². The first kappa shape index (κ1) is 14.6. The molecule has 2 atom stereocenters. The molecule has 1 aromatic carbocycles. The molecule has 0 spiro atoms. The van der Waals surface area contributed by atoms with Crippen molar-refractivity contribution >= 4 is 13.0 Å². The first-order valence-corrected chi connectivity index (χ1v) is 6.68. The molecule has 5 heteroatoms. The largest absolute Gasteiger partial charge is 0.459 e. The molecule has 1 aromatic rings. The molecule has 1 unspecified atom stereocenters. The second-order valence-electron chi connectivity index (χ2n) is 4.94. The van der Waals surface area contributed by atoms with E-state index in [1.807, 2.05) is 37.3 Å². The Labute approximate surface area is 119 Å². The lowest BCUT2D eigenvalue weighted by atomic mass is 9.69. The van der Waals surface area contributed by atoms with E-state index in [2.05, 4.69) is 5.32 Å². The molecule has 20 heavy (non-hydrogen) atoms. The number of nitrogens with one attached hydrogen (secondary N) is 1. The monoisotopic (exact) mass is 271 g/mol. The van der Waals surface area contributed by atoms with Crippen LogP contribution in [0.4, 0.5) is 0 Å². The number of hydrogen-bond acceptors (Lipinski definition) is 3. The molecule has 1 aliphatic rings. The third-order valence-electron chi connectivity index (χ3n) is 3.43. The lowest BCUT2D eigenvalue weighted by Crippen LogP contribution is -2.28. The molecular formula is C15H18BNO3. The lowest BCUT2D eigenvalue weighted by molar-refractivity contribution is -0.117. The zero-order chi connectivity index (χ0) is 14.5. The molecule has 0 heterocycles. The highest BCUT2D eigenvalue weighted by atomic mass is 16.4. The topological polar surface area (TPSA) is 69.6 Å². The van der Waals surface area contributed by atoms with E-state index in [1.54, 1.807) is 18.2 Å². The van der Waals surface area contributed by atoms with Crippen LogP contribution in [0.1, 0.15) is 24.9 Å². The number of allylic oxidation sites excluding steroid dienone is 2. The minimum atomic E-state index is -1.38. The molecule has 0 aromatic heterocycles. The minimum Gasteiger partial charge on any atom is -0.427 e. The Kier molecular flexibility index (Phi) is 4.77. The van der Waals surface area contributed by atoms with Crippen molar-refractivity contribution in [1.29, 1.82) is 0 Å². The first-order valence-electron chi connectivity index (χ1n) is 6.68. The van der Waals surface area contributed by atoms with Gasteiger partial charge in [0, 0.05) is 11.4 Å². The van der Waals surface area contributed by atoms with Gasteiger partial charge in [0.15, 0.2) is 0 Å². The van der Waals surface area contributed by atoms with Gasteiger partial charge >= 0.3 is 7.12 Å². The average molecular weight is 271 g/mol. The van der Waals surface area contributed by atoms with Crippen molar-refractivity contribution < 1.29 is 14.8 Å².